The number of hydrogen-bond acceptors (Lipinski definition) is 2. The summed E-state index contributed by atoms with van der Waals surface area (Å²) in [5, 5.41) is 0. The highest BCUT2D eigenvalue weighted by Gasteiger charge is 2.35. The molecular formula is C15H23FN2. The van der Waals surface area contributed by atoms with Gasteiger partial charge in [0.15, 0.2) is 0 Å². The number of nitrogens with two attached hydrogens (primary N) is 1. The van der Waals surface area contributed by atoms with Crippen molar-refractivity contribution in [2.75, 3.05) is 25.5 Å². The van der Waals surface area contributed by atoms with Gasteiger partial charge in [0.05, 0.1) is 0 Å². The number of halogens is 1. The van der Waals surface area contributed by atoms with Crippen LogP contribution < -0.4 is 10.6 Å². The summed E-state index contributed by atoms with van der Waals surface area (Å²) in [5.74, 6) is -0.158. The summed E-state index contributed by atoms with van der Waals surface area (Å²) < 4.78 is 13.6. The van der Waals surface area contributed by atoms with Gasteiger partial charge >= 0.3 is 0 Å². The van der Waals surface area contributed by atoms with Gasteiger partial charge in [-0.05, 0) is 36.6 Å². The van der Waals surface area contributed by atoms with Gasteiger partial charge in [0.1, 0.15) is 5.82 Å². The van der Waals surface area contributed by atoms with Crippen LogP contribution in [0.4, 0.5) is 10.1 Å². The highest BCUT2D eigenvalue weighted by Crippen LogP contribution is 2.42. The molecule has 3 heteroatoms. The van der Waals surface area contributed by atoms with Crippen molar-refractivity contribution in [2.24, 2.45) is 5.73 Å². The molecule has 2 N–H and O–H groups in total. The maximum atomic E-state index is 13.6. The van der Waals surface area contributed by atoms with Gasteiger partial charge in [-0.2, -0.15) is 0 Å². The lowest BCUT2D eigenvalue weighted by atomic mass is 9.69. The van der Waals surface area contributed by atoms with Crippen molar-refractivity contribution in [3.05, 3.63) is 29.6 Å². The van der Waals surface area contributed by atoms with E-state index in [1.165, 1.54) is 25.3 Å². The Morgan fingerprint density at radius 1 is 1.22 bits per heavy atom. The van der Waals surface area contributed by atoms with E-state index >= 15 is 0 Å². The average Bonchev–Trinajstić information content (AvgIpc) is 2.39. The van der Waals surface area contributed by atoms with Crippen LogP contribution in [0.2, 0.25) is 0 Å². The Labute approximate surface area is 109 Å². The Morgan fingerprint density at radius 2 is 1.89 bits per heavy atom. The van der Waals surface area contributed by atoms with Crippen molar-refractivity contribution in [1.82, 2.24) is 0 Å². The van der Waals surface area contributed by atoms with Crippen LogP contribution in [0.1, 0.15) is 37.7 Å². The average molecular weight is 250 g/mol. The maximum absolute atomic E-state index is 13.6. The van der Waals surface area contributed by atoms with E-state index in [4.69, 9.17) is 5.73 Å². The van der Waals surface area contributed by atoms with Crippen LogP contribution in [-0.2, 0) is 5.41 Å². The molecule has 1 aromatic rings. The minimum Gasteiger partial charge on any atom is -0.377 e. The number of hydrogen-bond donors (Lipinski definition) is 1. The van der Waals surface area contributed by atoms with Gasteiger partial charge in [-0.25, -0.2) is 4.39 Å². The zero-order chi connectivity index (χ0) is 13.2. The minimum atomic E-state index is -0.158. The first-order chi connectivity index (χ1) is 8.59. The zero-order valence-corrected chi connectivity index (χ0v) is 11.4. The van der Waals surface area contributed by atoms with Crippen molar-refractivity contribution >= 4 is 5.69 Å². The van der Waals surface area contributed by atoms with Crippen LogP contribution in [-0.4, -0.2) is 20.6 Å². The van der Waals surface area contributed by atoms with E-state index in [2.05, 4.69) is 4.90 Å². The number of nitrogens with zero attached hydrogens (tertiary/aromatic N) is 1. The van der Waals surface area contributed by atoms with Crippen molar-refractivity contribution in [2.45, 2.75) is 37.5 Å². The van der Waals surface area contributed by atoms with E-state index < -0.39 is 0 Å². The van der Waals surface area contributed by atoms with Gasteiger partial charge in [0, 0.05) is 31.7 Å². The summed E-state index contributed by atoms with van der Waals surface area (Å²) in [6.07, 6.45) is 5.82. The highest BCUT2D eigenvalue weighted by molar-refractivity contribution is 5.56. The molecular weight excluding hydrogens is 227 g/mol. The van der Waals surface area contributed by atoms with Gasteiger partial charge in [-0.15, -0.1) is 0 Å². The Kier molecular flexibility index (Phi) is 3.91. The number of rotatable bonds is 3. The van der Waals surface area contributed by atoms with Crippen LogP contribution in [0.5, 0.6) is 0 Å². The second-order valence-electron chi connectivity index (χ2n) is 5.60. The number of anilines is 1. The molecule has 0 amide bonds. The summed E-state index contributed by atoms with van der Waals surface area (Å²) in [6.45, 7) is 0.608. The highest BCUT2D eigenvalue weighted by atomic mass is 19.1. The second-order valence-corrected chi connectivity index (χ2v) is 5.60. The molecule has 0 saturated heterocycles. The molecule has 2 nitrogen and oxygen atoms in total. The summed E-state index contributed by atoms with van der Waals surface area (Å²) in [4.78, 5) is 2.06. The molecule has 1 aliphatic carbocycles. The molecule has 1 saturated carbocycles. The third-order valence-corrected chi connectivity index (χ3v) is 4.21. The van der Waals surface area contributed by atoms with Crippen molar-refractivity contribution < 1.29 is 4.39 Å². The maximum Gasteiger partial charge on any atom is 0.123 e. The fourth-order valence-electron chi connectivity index (χ4n) is 3.13. The molecule has 0 aromatic heterocycles. The van der Waals surface area contributed by atoms with Crippen molar-refractivity contribution in [1.29, 1.82) is 0 Å². The van der Waals surface area contributed by atoms with Crippen LogP contribution in [0.3, 0.4) is 0 Å². The quantitative estimate of drug-likeness (QED) is 0.893. The molecule has 0 radical (unpaired) electrons. The Hall–Kier alpha value is -1.09. The summed E-state index contributed by atoms with van der Waals surface area (Å²) >= 11 is 0. The molecule has 0 spiro atoms. The first-order valence-electron chi connectivity index (χ1n) is 6.76. The predicted molar refractivity (Wildman–Crippen MR) is 74.5 cm³/mol. The molecule has 2 rings (SSSR count). The lowest BCUT2D eigenvalue weighted by Gasteiger charge is -2.39. The Balaban J connectivity index is 2.49. The zero-order valence-electron chi connectivity index (χ0n) is 11.4. The molecule has 0 aliphatic heterocycles. The molecule has 100 valence electrons. The Morgan fingerprint density at radius 3 is 2.44 bits per heavy atom. The fourth-order valence-corrected chi connectivity index (χ4v) is 3.13. The smallest absolute Gasteiger partial charge is 0.123 e. The molecule has 0 unspecified atom stereocenters. The van der Waals surface area contributed by atoms with Crippen LogP contribution >= 0.6 is 0 Å². The van der Waals surface area contributed by atoms with Crippen LogP contribution in [0.25, 0.3) is 0 Å². The third kappa shape index (κ3) is 2.37. The van der Waals surface area contributed by atoms with E-state index in [1.807, 2.05) is 20.2 Å². The van der Waals surface area contributed by atoms with E-state index in [9.17, 15) is 4.39 Å². The molecule has 0 heterocycles. The van der Waals surface area contributed by atoms with Gasteiger partial charge in [-0.1, -0.05) is 19.3 Å². The normalized spacial score (nSPS) is 18.7. The molecule has 0 atom stereocenters. The predicted octanol–water partition coefficient (Wildman–Crippen LogP) is 3.05. The Bertz CT molecular complexity index is 409. The van der Waals surface area contributed by atoms with Gasteiger partial charge in [0.2, 0.25) is 0 Å². The lowest BCUT2D eigenvalue weighted by molar-refractivity contribution is 0.300. The van der Waals surface area contributed by atoms with Crippen molar-refractivity contribution in [3.63, 3.8) is 0 Å². The van der Waals surface area contributed by atoms with Gasteiger partial charge in [0.25, 0.3) is 0 Å². The fraction of sp³-hybridized carbons (Fsp3) is 0.600. The lowest BCUT2D eigenvalue weighted by Crippen LogP contribution is -2.38. The SMILES string of the molecule is CN(C)c1ccc(F)cc1C1(CN)CCCCC1. The summed E-state index contributed by atoms with van der Waals surface area (Å²) in [7, 11) is 4.01. The topological polar surface area (TPSA) is 29.3 Å². The number of benzene rings is 1. The monoisotopic (exact) mass is 250 g/mol. The van der Waals surface area contributed by atoms with E-state index in [0.717, 1.165) is 24.1 Å². The molecule has 18 heavy (non-hydrogen) atoms. The molecule has 1 fully saturated rings. The van der Waals surface area contributed by atoms with E-state index in [1.54, 1.807) is 6.07 Å². The van der Waals surface area contributed by atoms with Crippen molar-refractivity contribution in [3.8, 4) is 0 Å². The summed E-state index contributed by atoms with van der Waals surface area (Å²) in [6, 6.07) is 5.09. The first-order valence-corrected chi connectivity index (χ1v) is 6.76. The summed E-state index contributed by atoms with van der Waals surface area (Å²) in [5.41, 5.74) is 8.21. The standard InChI is InChI=1S/C15H23FN2/c1-18(2)14-7-6-12(16)10-13(14)15(11-17)8-4-3-5-9-15/h6-7,10H,3-5,8-9,11,17H2,1-2H3. The molecule has 1 aromatic carbocycles. The first kappa shape index (κ1) is 13.3. The minimum absolute atomic E-state index is 0.0278. The van der Waals surface area contributed by atoms with Crippen LogP contribution in [0.15, 0.2) is 18.2 Å². The molecule has 0 bridgehead atoms. The second kappa shape index (κ2) is 5.27. The van der Waals surface area contributed by atoms with E-state index in [-0.39, 0.29) is 11.2 Å². The van der Waals surface area contributed by atoms with Crippen LogP contribution in [0, 0.1) is 5.82 Å². The third-order valence-electron chi connectivity index (χ3n) is 4.21. The van der Waals surface area contributed by atoms with E-state index in [0.29, 0.717) is 6.54 Å². The van der Waals surface area contributed by atoms with Gasteiger partial charge < -0.3 is 10.6 Å². The van der Waals surface area contributed by atoms with Gasteiger partial charge in [-0.3, -0.25) is 0 Å². The molecule has 1 aliphatic rings. The largest absolute Gasteiger partial charge is 0.377 e.